The van der Waals surface area contributed by atoms with Gasteiger partial charge >= 0.3 is 0 Å². The molecule has 1 N–H and O–H groups in total. The van der Waals surface area contributed by atoms with Gasteiger partial charge in [-0.25, -0.2) is 0 Å². The van der Waals surface area contributed by atoms with Crippen LogP contribution in [0.3, 0.4) is 0 Å². The number of carbonyl (C=O) groups is 2. The molecule has 0 aromatic heterocycles. The number of ether oxygens (including phenoxy) is 1. The van der Waals surface area contributed by atoms with E-state index in [0.29, 0.717) is 35.7 Å². The second-order valence-electron chi connectivity index (χ2n) is 7.97. The standard InChI is InChI=1S/C28H31BrN2O3/c1-3-5-6-10-18-34-26-17-16-22(29)20-25(26)27(32)30-23-13-11-12-21(19-23)28(33)31(4-2)24-14-8-7-9-15-24/h7-9,11-17,19-20H,3-6,10,18H2,1-2H3,(H,30,32). The van der Waals surface area contributed by atoms with E-state index in [1.54, 1.807) is 41.3 Å². The van der Waals surface area contributed by atoms with Crippen molar-refractivity contribution in [3.8, 4) is 5.75 Å². The summed E-state index contributed by atoms with van der Waals surface area (Å²) in [7, 11) is 0. The number of unbranched alkanes of at least 4 members (excludes halogenated alkanes) is 3. The van der Waals surface area contributed by atoms with Crippen molar-refractivity contribution < 1.29 is 14.3 Å². The first-order valence-corrected chi connectivity index (χ1v) is 12.5. The zero-order valence-electron chi connectivity index (χ0n) is 19.7. The summed E-state index contributed by atoms with van der Waals surface area (Å²) >= 11 is 3.44. The van der Waals surface area contributed by atoms with Gasteiger partial charge in [0.05, 0.1) is 12.2 Å². The van der Waals surface area contributed by atoms with Gasteiger partial charge in [0.25, 0.3) is 11.8 Å². The van der Waals surface area contributed by atoms with Crippen LogP contribution in [0.2, 0.25) is 0 Å². The minimum atomic E-state index is -0.287. The average Bonchev–Trinajstić information content (AvgIpc) is 2.86. The fourth-order valence-electron chi connectivity index (χ4n) is 3.65. The molecule has 5 nitrogen and oxygen atoms in total. The van der Waals surface area contributed by atoms with E-state index in [9.17, 15) is 9.59 Å². The molecule has 3 aromatic carbocycles. The summed E-state index contributed by atoms with van der Waals surface area (Å²) in [4.78, 5) is 28.0. The number of rotatable bonds is 11. The fraction of sp³-hybridized carbons (Fsp3) is 0.286. The van der Waals surface area contributed by atoms with E-state index in [1.807, 2.05) is 43.3 Å². The molecule has 0 spiro atoms. The van der Waals surface area contributed by atoms with E-state index < -0.39 is 0 Å². The summed E-state index contributed by atoms with van der Waals surface area (Å²) in [5.74, 6) is 0.138. The lowest BCUT2D eigenvalue weighted by molar-refractivity contribution is 0.0985. The molecule has 0 heterocycles. The van der Waals surface area contributed by atoms with Crippen LogP contribution in [0.5, 0.6) is 5.75 Å². The van der Waals surface area contributed by atoms with Crippen LogP contribution < -0.4 is 15.0 Å². The number of anilines is 2. The lowest BCUT2D eigenvalue weighted by Gasteiger charge is -2.21. The van der Waals surface area contributed by atoms with E-state index in [-0.39, 0.29) is 11.8 Å². The van der Waals surface area contributed by atoms with E-state index in [0.717, 1.165) is 29.4 Å². The van der Waals surface area contributed by atoms with Crippen molar-refractivity contribution in [3.05, 3.63) is 88.4 Å². The van der Waals surface area contributed by atoms with Gasteiger partial charge in [-0.1, -0.05) is 66.4 Å². The molecule has 0 atom stereocenters. The Kier molecular flexibility index (Phi) is 9.71. The fourth-order valence-corrected chi connectivity index (χ4v) is 4.01. The highest BCUT2D eigenvalue weighted by Gasteiger charge is 2.18. The molecule has 3 rings (SSSR count). The Hall–Kier alpha value is -3.12. The third-order valence-corrected chi connectivity index (χ3v) is 5.93. The Morgan fingerprint density at radius 2 is 1.71 bits per heavy atom. The minimum Gasteiger partial charge on any atom is -0.493 e. The SMILES string of the molecule is CCCCCCOc1ccc(Br)cc1C(=O)Nc1cccc(C(=O)N(CC)c2ccccc2)c1. The number of hydrogen-bond donors (Lipinski definition) is 1. The van der Waals surface area contributed by atoms with Crippen LogP contribution in [-0.2, 0) is 0 Å². The van der Waals surface area contributed by atoms with Crippen LogP contribution in [0.25, 0.3) is 0 Å². The molecule has 0 aliphatic rings. The third-order valence-electron chi connectivity index (χ3n) is 5.44. The first kappa shape index (κ1) is 25.5. The number of halogens is 1. The third kappa shape index (κ3) is 6.94. The van der Waals surface area contributed by atoms with E-state index in [2.05, 4.69) is 28.2 Å². The van der Waals surface area contributed by atoms with Gasteiger partial charge in [0, 0.05) is 28.0 Å². The van der Waals surface area contributed by atoms with Gasteiger partial charge in [-0.05, 0) is 61.9 Å². The van der Waals surface area contributed by atoms with Crippen molar-refractivity contribution in [2.24, 2.45) is 0 Å². The second kappa shape index (κ2) is 12.9. The van der Waals surface area contributed by atoms with E-state index in [4.69, 9.17) is 4.74 Å². The quantitative estimate of drug-likeness (QED) is 0.268. The highest BCUT2D eigenvalue weighted by molar-refractivity contribution is 9.10. The van der Waals surface area contributed by atoms with Gasteiger partial charge < -0.3 is 15.0 Å². The molecule has 2 amide bonds. The second-order valence-corrected chi connectivity index (χ2v) is 8.89. The summed E-state index contributed by atoms with van der Waals surface area (Å²) in [6, 6.07) is 22.0. The Labute approximate surface area is 210 Å². The molecule has 6 heteroatoms. The Bertz CT molecular complexity index is 1100. The topological polar surface area (TPSA) is 58.6 Å². The zero-order valence-corrected chi connectivity index (χ0v) is 21.3. The number of amides is 2. The van der Waals surface area contributed by atoms with Crippen molar-refractivity contribution in [2.75, 3.05) is 23.4 Å². The van der Waals surface area contributed by atoms with Crippen LogP contribution in [0.1, 0.15) is 60.2 Å². The highest BCUT2D eigenvalue weighted by atomic mass is 79.9. The molecule has 0 saturated carbocycles. The maximum atomic E-state index is 13.2. The predicted octanol–water partition coefficient (Wildman–Crippen LogP) is 7.33. The monoisotopic (exact) mass is 522 g/mol. The predicted molar refractivity (Wildman–Crippen MR) is 142 cm³/mol. The normalized spacial score (nSPS) is 10.6. The van der Waals surface area contributed by atoms with Crippen LogP contribution in [0, 0.1) is 0 Å². The Balaban J connectivity index is 1.74. The van der Waals surface area contributed by atoms with Crippen molar-refractivity contribution in [2.45, 2.75) is 39.5 Å². The average molecular weight is 523 g/mol. The number of carbonyl (C=O) groups excluding carboxylic acids is 2. The van der Waals surface area contributed by atoms with Gasteiger partial charge in [0.15, 0.2) is 0 Å². The molecular formula is C28H31BrN2O3. The first-order valence-electron chi connectivity index (χ1n) is 11.7. The molecular weight excluding hydrogens is 492 g/mol. The van der Waals surface area contributed by atoms with Crippen molar-refractivity contribution in [3.63, 3.8) is 0 Å². The van der Waals surface area contributed by atoms with Crippen LogP contribution in [0.15, 0.2) is 77.3 Å². The number of nitrogens with one attached hydrogen (secondary N) is 1. The lowest BCUT2D eigenvalue weighted by atomic mass is 10.1. The molecule has 0 bridgehead atoms. The van der Waals surface area contributed by atoms with Crippen molar-refractivity contribution in [1.29, 1.82) is 0 Å². The maximum Gasteiger partial charge on any atom is 0.259 e. The Morgan fingerprint density at radius 3 is 2.44 bits per heavy atom. The smallest absolute Gasteiger partial charge is 0.259 e. The lowest BCUT2D eigenvalue weighted by Crippen LogP contribution is -2.30. The molecule has 0 aliphatic heterocycles. The van der Waals surface area contributed by atoms with Crippen LogP contribution in [-0.4, -0.2) is 25.0 Å². The Morgan fingerprint density at radius 1 is 0.912 bits per heavy atom. The van der Waals surface area contributed by atoms with E-state index >= 15 is 0 Å². The van der Waals surface area contributed by atoms with E-state index in [1.165, 1.54) is 6.42 Å². The number of para-hydroxylation sites is 1. The minimum absolute atomic E-state index is 0.122. The molecule has 3 aromatic rings. The van der Waals surface area contributed by atoms with Gasteiger partial charge in [0.2, 0.25) is 0 Å². The molecule has 0 saturated heterocycles. The molecule has 0 radical (unpaired) electrons. The van der Waals surface area contributed by atoms with Gasteiger partial charge in [-0.3, -0.25) is 9.59 Å². The highest BCUT2D eigenvalue weighted by Crippen LogP contribution is 2.25. The van der Waals surface area contributed by atoms with Crippen LogP contribution >= 0.6 is 15.9 Å². The molecule has 34 heavy (non-hydrogen) atoms. The maximum absolute atomic E-state index is 13.2. The molecule has 0 unspecified atom stereocenters. The number of hydrogen-bond acceptors (Lipinski definition) is 3. The van der Waals surface area contributed by atoms with Crippen LogP contribution in [0.4, 0.5) is 11.4 Å². The van der Waals surface area contributed by atoms with Gasteiger partial charge in [-0.15, -0.1) is 0 Å². The summed E-state index contributed by atoms with van der Waals surface area (Å²) < 4.78 is 6.70. The summed E-state index contributed by atoms with van der Waals surface area (Å²) in [5, 5.41) is 2.92. The largest absolute Gasteiger partial charge is 0.493 e. The summed E-state index contributed by atoms with van der Waals surface area (Å²) in [5.41, 5.74) is 2.33. The number of benzene rings is 3. The molecule has 0 fully saturated rings. The summed E-state index contributed by atoms with van der Waals surface area (Å²) in [6.07, 6.45) is 4.39. The van der Waals surface area contributed by atoms with Gasteiger partial charge in [0.1, 0.15) is 5.75 Å². The molecule has 0 aliphatic carbocycles. The zero-order chi connectivity index (χ0) is 24.3. The molecule has 178 valence electrons. The first-order chi connectivity index (χ1) is 16.5. The van der Waals surface area contributed by atoms with Crippen molar-refractivity contribution in [1.82, 2.24) is 0 Å². The summed E-state index contributed by atoms with van der Waals surface area (Å²) in [6.45, 7) is 5.21. The number of nitrogens with zero attached hydrogens (tertiary/aromatic N) is 1. The van der Waals surface area contributed by atoms with Crippen molar-refractivity contribution >= 4 is 39.1 Å². The van der Waals surface area contributed by atoms with Gasteiger partial charge in [-0.2, -0.15) is 0 Å².